The number of carboxylic acids is 1. The molecule has 11 heteroatoms. The second kappa shape index (κ2) is 15.7. The minimum atomic E-state index is -1.16. The zero-order valence-electron chi connectivity index (χ0n) is 25.0. The quantitative estimate of drug-likeness (QED) is 0.0827. The van der Waals surface area contributed by atoms with E-state index in [9.17, 15) is 28.7 Å². The molecule has 4 N–H and O–H groups in total. The highest BCUT2D eigenvalue weighted by molar-refractivity contribution is 8.00. The summed E-state index contributed by atoms with van der Waals surface area (Å²) < 4.78 is 13.5. The Kier molecular flexibility index (Phi) is 11.0. The van der Waals surface area contributed by atoms with Crippen LogP contribution >= 0.6 is 23.4 Å². The maximum atomic E-state index is 13.6. The van der Waals surface area contributed by atoms with Crippen LogP contribution in [-0.2, 0) is 9.59 Å². The van der Waals surface area contributed by atoms with E-state index in [2.05, 4.69) is 16.0 Å². The van der Waals surface area contributed by atoms with E-state index < -0.39 is 34.8 Å². The second-order valence-corrected chi connectivity index (χ2v) is 11.9. The van der Waals surface area contributed by atoms with E-state index in [-0.39, 0.29) is 22.0 Å². The van der Waals surface area contributed by atoms with Gasteiger partial charge in [-0.1, -0.05) is 78.3 Å². The van der Waals surface area contributed by atoms with Crippen molar-refractivity contribution in [2.75, 3.05) is 10.6 Å². The van der Waals surface area contributed by atoms with Gasteiger partial charge in [-0.15, -0.1) is 11.8 Å². The average molecular weight is 680 g/mol. The molecule has 48 heavy (non-hydrogen) atoms. The number of nitrogens with one attached hydrogen (secondary N) is 3. The molecule has 5 aromatic rings. The van der Waals surface area contributed by atoms with Gasteiger partial charge in [0.05, 0.1) is 16.3 Å². The molecule has 0 aromatic heterocycles. The molecule has 1 unspecified atom stereocenters. The summed E-state index contributed by atoms with van der Waals surface area (Å²) in [4.78, 5) is 52.2. The maximum Gasteiger partial charge on any atom is 0.335 e. The molecule has 5 aromatic carbocycles. The van der Waals surface area contributed by atoms with Crippen LogP contribution in [0.5, 0.6) is 0 Å². The molecule has 0 spiro atoms. The zero-order valence-corrected chi connectivity index (χ0v) is 26.6. The maximum absolute atomic E-state index is 13.6. The van der Waals surface area contributed by atoms with Crippen molar-refractivity contribution in [2.45, 2.75) is 10.1 Å². The number of rotatable bonds is 11. The highest BCUT2D eigenvalue weighted by Gasteiger charge is 2.24. The molecule has 0 aliphatic heterocycles. The molecule has 1 atom stereocenters. The Morgan fingerprint density at radius 1 is 0.750 bits per heavy atom. The van der Waals surface area contributed by atoms with E-state index in [0.29, 0.717) is 27.3 Å². The summed E-state index contributed by atoms with van der Waals surface area (Å²) in [6, 6.07) is 33.7. The fourth-order valence-electron chi connectivity index (χ4n) is 4.50. The van der Waals surface area contributed by atoms with Crippen molar-refractivity contribution in [3.05, 3.63) is 166 Å². The molecule has 0 radical (unpaired) electrons. The monoisotopic (exact) mass is 679 g/mol. The molecule has 0 saturated heterocycles. The molecular formula is C37H27ClFN3O5S. The molecule has 0 bridgehead atoms. The SMILES string of the molecule is O=C(Nc1cccc(SC(C(=O)Nc2cc(C(=O)O)ccc2Cl)c2ccccc2)c1)/C(=C/c1ccc(F)cc1)NC(=O)c1ccccc1. The Balaban J connectivity index is 1.38. The van der Waals surface area contributed by atoms with Gasteiger partial charge in [0.2, 0.25) is 5.91 Å². The number of benzene rings is 5. The highest BCUT2D eigenvalue weighted by atomic mass is 35.5. The summed E-state index contributed by atoms with van der Waals surface area (Å²) in [6.07, 6.45) is 1.44. The second-order valence-electron chi connectivity index (χ2n) is 10.3. The first-order valence-corrected chi connectivity index (χ1v) is 15.7. The summed E-state index contributed by atoms with van der Waals surface area (Å²) in [7, 11) is 0. The van der Waals surface area contributed by atoms with Gasteiger partial charge in [-0.05, 0) is 77.9 Å². The number of carbonyl (C=O) groups excluding carboxylic acids is 3. The summed E-state index contributed by atoms with van der Waals surface area (Å²) in [6.45, 7) is 0. The van der Waals surface area contributed by atoms with E-state index in [1.54, 1.807) is 78.9 Å². The van der Waals surface area contributed by atoms with Crippen LogP contribution in [0.4, 0.5) is 15.8 Å². The fourth-order valence-corrected chi connectivity index (χ4v) is 5.75. The summed E-state index contributed by atoms with van der Waals surface area (Å²) in [5.74, 6) is -3.19. The van der Waals surface area contributed by atoms with Crippen molar-refractivity contribution in [1.29, 1.82) is 0 Å². The van der Waals surface area contributed by atoms with Gasteiger partial charge < -0.3 is 21.1 Å². The van der Waals surface area contributed by atoms with Crippen LogP contribution in [-0.4, -0.2) is 28.8 Å². The van der Waals surface area contributed by atoms with Crippen molar-refractivity contribution in [3.63, 3.8) is 0 Å². The Morgan fingerprint density at radius 3 is 2.12 bits per heavy atom. The van der Waals surface area contributed by atoms with E-state index in [1.807, 2.05) is 6.07 Å². The van der Waals surface area contributed by atoms with Crippen molar-refractivity contribution < 1.29 is 28.7 Å². The molecule has 0 fully saturated rings. The van der Waals surface area contributed by atoms with Crippen LogP contribution in [0.25, 0.3) is 6.08 Å². The van der Waals surface area contributed by atoms with Gasteiger partial charge in [-0.3, -0.25) is 14.4 Å². The fraction of sp³-hybridized carbons (Fsp3) is 0.0270. The van der Waals surface area contributed by atoms with Crippen LogP contribution < -0.4 is 16.0 Å². The molecule has 240 valence electrons. The Bertz CT molecular complexity index is 1990. The number of hydrogen-bond donors (Lipinski definition) is 4. The summed E-state index contributed by atoms with van der Waals surface area (Å²) >= 11 is 7.48. The number of carbonyl (C=O) groups is 4. The van der Waals surface area contributed by atoms with Gasteiger partial charge in [0.15, 0.2) is 0 Å². The summed E-state index contributed by atoms with van der Waals surface area (Å²) in [5.41, 5.74) is 1.94. The van der Waals surface area contributed by atoms with Gasteiger partial charge >= 0.3 is 5.97 Å². The van der Waals surface area contributed by atoms with Gasteiger partial charge in [0.1, 0.15) is 16.8 Å². The molecule has 5 rings (SSSR count). The van der Waals surface area contributed by atoms with Crippen LogP contribution in [0.1, 0.15) is 37.1 Å². The predicted molar refractivity (Wildman–Crippen MR) is 185 cm³/mol. The molecule has 0 aliphatic carbocycles. The zero-order chi connectivity index (χ0) is 34.0. The topological polar surface area (TPSA) is 125 Å². The number of anilines is 2. The standard InChI is InChI=1S/C37H27ClFN3O5S/c38-30-19-16-26(37(46)47)21-31(30)41-36(45)33(24-8-3-1-4-9-24)48-29-13-7-12-28(22-29)40-35(44)32(20-23-14-17-27(39)18-15-23)42-34(43)25-10-5-2-6-11-25/h1-22,33H,(H,40,44)(H,41,45)(H,42,43)(H,46,47)/b32-20-. The van der Waals surface area contributed by atoms with E-state index in [0.717, 1.165) is 0 Å². The van der Waals surface area contributed by atoms with E-state index >= 15 is 0 Å². The Labute approximate surface area is 284 Å². The van der Waals surface area contributed by atoms with E-state index in [4.69, 9.17) is 11.6 Å². The molecule has 3 amide bonds. The lowest BCUT2D eigenvalue weighted by atomic mass is 10.1. The van der Waals surface area contributed by atoms with Gasteiger partial charge in [-0.2, -0.15) is 0 Å². The van der Waals surface area contributed by atoms with Crippen molar-refractivity contribution in [3.8, 4) is 0 Å². The Morgan fingerprint density at radius 2 is 1.44 bits per heavy atom. The number of halogens is 2. The number of carboxylic acid groups (broad SMARTS) is 1. The first kappa shape index (κ1) is 33.6. The lowest BCUT2D eigenvalue weighted by Gasteiger charge is -2.18. The summed E-state index contributed by atoms with van der Waals surface area (Å²) in [5, 5.41) is 17.0. The first-order valence-electron chi connectivity index (χ1n) is 14.5. The lowest BCUT2D eigenvalue weighted by molar-refractivity contribution is -0.116. The lowest BCUT2D eigenvalue weighted by Crippen LogP contribution is -2.30. The van der Waals surface area contributed by atoms with Crippen LogP contribution in [0.15, 0.2) is 138 Å². The minimum Gasteiger partial charge on any atom is -0.478 e. The van der Waals surface area contributed by atoms with Crippen LogP contribution in [0.3, 0.4) is 0 Å². The van der Waals surface area contributed by atoms with Crippen molar-refractivity contribution >= 4 is 64.5 Å². The van der Waals surface area contributed by atoms with E-state index in [1.165, 1.54) is 60.3 Å². The Hall–Kier alpha value is -5.71. The molecule has 8 nitrogen and oxygen atoms in total. The van der Waals surface area contributed by atoms with Gasteiger partial charge in [0, 0.05) is 16.1 Å². The third kappa shape index (κ3) is 8.97. The average Bonchev–Trinajstić information content (AvgIpc) is 3.09. The van der Waals surface area contributed by atoms with Gasteiger partial charge in [-0.25, -0.2) is 9.18 Å². The predicted octanol–water partition coefficient (Wildman–Crippen LogP) is 8.06. The molecule has 0 aliphatic rings. The molecule has 0 heterocycles. The smallest absolute Gasteiger partial charge is 0.335 e. The normalized spacial score (nSPS) is 11.7. The van der Waals surface area contributed by atoms with Crippen molar-refractivity contribution in [1.82, 2.24) is 5.32 Å². The largest absolute Gasteiger partial charge is 0.478 e. The molecular weight excluding hydrogens is 653 g/mol. The van der Waals surface area contributed by atoms with Crippen LogP contribution in [0.2, 0.25) is 5.02 Å². The minimum absolute atomic E-state index is 0.0325. The number of hydrogen-bond acceptors (Lipinski definition) is 5. The number of thioether (sulfide) groups is 1. The van der Waals surface area contributed by atoms with Crippen molar-refractivity contribution in [2.24, 2.45) is 0 Å². The third-order valence-corrected chi connectivity index (χ3v) is 8.44. The first-order chi connectivity index (χ1) is 23.2. The van der Waals surface area contributed by atoms with Crippen LogP contribution in [0, 0.1) is 5.82 Å². The highest BCUT2D eigenvalue weighted by Crippen LogP contribution is 2.38. The number of aromatic carboxylic acids is 1. The third-order valence-electron chi connectivity index (χ3n) is 6.87. The molecule has 0 saturated carbocycles. The van der Waals surface area contributed by atoms with Gasteiger partial charge in [0.25, 0.3) is 11.8 Å². The number of amides is 3.